The molecular weight excluding hydrogens is 310 g/mol. The minimum absolute atomic E-state index is 0.675. The Morgan fingerprint density at radius 1 is 1.04 bits per heavy atom. The minimum Gasteiger partial charge on any atom is -0.351 e. The highest BCUT2D eigenvalue weighted by Crippen LogP contribution is 2.32. The molecule has 0 atom stereocenters. The van der Waals surface area contributed by atoms with E-state index in [-0.39, 0.29) is 0 Å². The summed E-state index contributed by atoms with van der Waals surface area (Å²) in [5, 5.41) is 8.50. The molecule has 2 heterocycles. The van der Waals surface area contributed by atoms with Gasteiger partial charge in [-0.2, -0.15) is 10.1 Å². The number of rotatable bonds is 5. The van der Waals surface area contributed by atoms with Gasteiger partial charge in [-0.05, 0) is 30.5 Å². The van der Waals surface area contributed by atoms with Crippen LogP contribution in [0.25, 0.3) is 0 Å². The van der Waals surface area contributed by atoms with Gasteiger partial charge in [-0.15, -0.1) is 5.10 Å². The lowest BCUT2D eigenvalue weighted by molar-refractivity contribution is 0.788. The van der Waals surface area contributed by atoms with E-state index in [9.17, 15) is 0 Å². The fourth-order valence-corrected chi connectivity index (χ4v) is 3.26. The zero-order chi connectivity index (χ0) is 17.1. The van der Waals surface area contributed by atoms with Crippen LogP contribution < -0.4 is 9.80 Å². The number of hydrogen-bond donors (Lipinski definition) is 0. The molecule has 0 saturated heterocycles. The molecule has 4 rings (SSSR count). The Hall–Kier alpha value is -2.95. The van der Waals surface area contributed by atoms with Crippen molar-refractivity contribution in [2.45, 2.75) is 19.9 Å². The summed E-state index contributed by atoms with van der Waals surface area (Å²) in [5.41, 5.74) is 3.79. The molecule has 1 aromatic heterocycles. The summed E-state index contributed by atoms with van der Waals surface area (Å²) in [6.45, 7) is 4.71. The summed E-state index contributed by atoms with van der Waals surface area (Å²) in [6.07, 6.45) is 2.77. The van der Waals surface area contributed by atoms with Crippen molar-refractivity contribution in [3.05, 3.63) is 71.9 Å². The predicted octanol–water partition coefficient (Wildman–Crippen LogP) is 3.59. The number of benzene rings is 2. The number of para-hydroxylation sites is 1. The van der Waals surface area contributed by atoms with Gasteiger partial charge in [0, 0.05) is 25.3 Å². The average molecular weight is 331 g/mol. The zero-order valence-corrected chi connectivity index (χ0v) is 14.3. The highest BCUT2D eigenvalue weighted by atomic mass is 15.4. The summed E-state index contributed by atoms with van der Waals surface area (Å²) in [7, 11) is 0. The second-order valence-corrected chi connectivity index (χ2v) is 6.14. The largest absolute Gasteiger partial charge is 0.351 e. The van der Waals surface area contributed by atoms with Crippen LogP contribution in [0.5, 0.6) is 0 Å². The molecule has 0 bridgehead atoms. The molecule has 0 spiro atoms. The Labute approximate surface area is 148 Å². The molecule has 0 unspecified atom stereocenters. The standard InChI is InChI=1S/C20H21N5/c1-2-24(15-16-8-4-3-5-9-16)19-14-21-23-20(22-19)25-13-12-17-10-6-7-11-18(17)25/h3-11,14H,2,12-13,15H2,1H3. The smallest absolute Gasteiger partial charge is 0.251 e. The van der Waals surface area contributed by atoms with E-state index in [1.165, 1.54) is 16.8 Å². The minimum atomic E-state index is 0.675. The quantitative estimate of drug-likeness (QED) is 0.715. The van der Waals surface area contributed by atoms with E-state index in [1.807, 2.05) is 6.07 Å². The Bertz CT molecular complexity index is 849. The van der Waals surface area contributed by atoms with Crippen LogP contribution in [-0.4, -0.2) is 28.3 Å². The van der Waals surface area contributed by atoms with Gasteiger partial charge in [-0.1, -0.05) is 48.5 Å². The lowest BCUT2D eigenvalue weighted by atomic mass is 10.2. The average Bonchev–Trinajstić information content (AvgIpc) is 3.11. The highest BCUT2D eigenvalue weighted by molar-refractivity contribution is 5.66. The maximum atomic E-state index is 4.80. The van der Waals surface area contributed by atoms with Crippen molar-refractivity contribution >= 4 is 17.5 Å². The third kappa shape index (κ3) is 3.18. The first-order chi connectivity index (χ1) is 12.3. The van der Waals surface area contributed by atoms with Gasteiger partial charge in [0.1, 0.15) is 0 Å². The number of anilines is 3. The molecule has 5 heteroatoms. The van der Waals surface area contributed by atoms with E-state index >= 15 is 0 Å². The van der Waals surface area contributed by atoms with Crippen LogP contribution in [0.2, 0.25) is 0 Å². The SMILES string of the molecule is CCN(Cc1ccccc1)c1cnnc(N2CCc3ccccc32)n1. The first kappa shape index (κ1) is 15.6. The van der Waals surface area contributed by atoms with Crippen LogP contribution in [-0.2, 0) is 13.0 Å². The number of hydrogen-bond acceptors (Lipinski definition) is 5. The normalized spacial score (nSPS) is 12.9. The molecule has 0 aliphatic carbocycles. The maximum absolute atomic E-state index is 4.80. The Morgan fingerprint density at radius 2 is 1.84 bits per heavy atom. The van der Waals surface area contributed by atoms with E-state index in [1.54, 1.807) is 6.20 Å². The monoisotopic (exact) mass is 331 g/mol. The fraction of sp³-hybridized carbons (Fsp3) is 0.250. The van der Waals surface area contributed by atoms with Crippen LogP contribution in [0.15, 0.2) is 60.8 Å². The van der Waals surface area contributed by atoms with Crippen LogP contribution in [0.3, 0.4) is 0 Å². The Balaban J connectivity index is 1.61. The van der Waals surface area contributed by atoms with Crippen LogP contribution >= 0.6 is 0 Å². The van der Waals surface area contributed by atoms with Crippen molar-refractivity contribution in [2.24, 2.45) is 0 Å². The molecule has 0 saturated carbocycles. The molecule has 0 N–H and O–H groups in total. The molecule has 0 fully saturated rings. The third-order valence-corrected chi connectivity index (χ3v) is 4.59. The van der Waals surface area contributed by atoms with Crippen LogP contribution in [0.4, 0.5) is 17.5 Å². The lowest BCUT2D eigenvalue weighted by Gasteiger charge is -2.23. The summed E-state index contributed by atoms with van der Waals surface area (Å²) in [6, 6.07) is 18.9. The molecule has 25 heavy (non-hydrogen) atoms. The summed E-state index contributed by atoms with van der Waals surface area (Å²) in [5.74, 6) is 1.54. The number of aromatic nitrogens is 3. The maximum Gasteiger partial charge on any atom is 0.251 e. The Morgan fingerprint density at radius 3 is 2.68 bits per heavy atom. The van der Waals surface area contributed by atoms with E-state index in [0.717, 1.165) is 31.9 Å². The predicted molar refractivity (Wildman–Crippen MR) is 100 cm³/mol. The molecule has 3 aromatic rings. The van der Waals surface area contributed by atoms with Crippen molar-refractivity contribution in [1.82, 2.24) is 15.2 Å². The third-order valence-electron chi connectivity index (χ3n) is 4.59. The molecule has 0 radical (unpaired) electrons. The lowest BCUT2D eigenvalue weighted by Crippen LogP contribution is -2.25. The van der Waals surface area contributed by atoms with E-state index < -0.39 is 0 Å². The summed E-state index contributed by atoms with van der Waals surface area (Å²) < 4.78 is 0. The van der Waals surface area contributed by atoms with Crippen molar-refractivity contribution in [3.8, 4) is 0 Å². The van der Waals surface area contributed by atoms with Crippen LogP contribution in [0.1, 0.15) is 18.1 Å². The van der Waals surface area contributed by atoms with Gasteiger partial charge in [0.05, 0.1) is 6.20 Å². The fourth-order valence-electron chi connectivity index (χ4n) is 3.26. The van der Waals surface area contributed by atoms with Crippen molar-refractivity contribution in [3.63, 3.8) is 0 Å². The van der Waals surface area contributed by atoms with Gasteiger partial charge < -0.3 is 9.80 Å². The van der Waals surface area contributed by atoms with Gasteiger partial charge in [0.25, 0.3) is 5.95 Å². The van der Waals surface area contributed by atoms with Crippen LogP contribution in [0, 0.1) is 0 Å². The first-order valence-corrected chi connectivity index (χ1v) is 8.69. The molecule has 1 aliphatic rings. The molecule has 1 aliphatic heterocycles. The summed E-state index contributed by atoms with van der Waals surface area (Å²) in [4.78, 5) is 9.17. The second-order valence-electron chi connectivity index (χ2n) is 6.14. The van der Waals surface area contributed by atoms with Crippen molar-refractivity contribution in [2.75, 3.05) is 22.9 Å². The molecule has 126 valence electrons. The van der Waals surface area contributed by atoms with Crippen molar-refractivity contribution in [1.29, 1.82) is 0 Å². The molecular formula is C20H21N5. The summed E-state index contributed by atoms with van der Waals surface area (Å²) >= 11 is 0. The first-order valence-electron chi connectivity index (χ1n) is 8.69. The van der Waals surface area contributed by atoms with E-state index in [4.69, 9.17) is 4.98 Å². The molecule has 0 amide bonds. The molecule has 5 nitrogen and oxygen atoms in total. The Kier molecular flexibility index (Phi) is 4.29. The van der Waals surface area contributed by atoms with E-state index in [2.05, 4.69) is 75.5 Å². The van der Waals surface area contributed by atoms with Gasteiger partial charge >= 0.3 is 0 Å². The van der Waals surface area contributed by atoms with Gasteiger partial charge in [-0.25, -0.2) is 0 Å². The number of nitrogens with zero attached hydrogens (tertiary/aromatic N) is 5. The van der Waals surface area contributed by atoms with Gasteiger partial charge in [0.2, 0.25) is 0 Å². The van der Waals surface area contributed by atoms with E-state index in [0.29, 0.717) is 5.95 Å². The van der Waals surface area contributed by atoms with Gasteiger partial charge in [0.15, 0.2) is 5.82 Å². The van der Waals surface area contributed by atoms with Crippen molar-refractivity contribution < 1.29 is 0 Å². The topological polar surface area (TPSA) is 45.2 Å². The second kappa shape index (κ2) is 6.89. The zero-order valence-electron chi connectivity index (χ0n) is 14.3. The van der Waals surface area contributed by atoms with Gasteiger partial charge in [-0.3, -0.25) is 0 Å². The molecule has 2 aromatic carbocycles. The highest BCUT2D eigenvalue weighted by Gasteiger charge is 2.23. The number of fused-ring (bicyclic) bond motifs is 1.